The SMILES string of the molecule is CCCCC(C)(C)[C@@H](/C=C/[C@H]1[C@H](C/C=C\CCCC(=O)OC)[C@H](O[Si](C)(C)C)C[C@H]1O[Si](C)(C)C)O[Si](C)(C)C. The fourth-order valence-corrected chi connectivity index (χ4v) is 9.01. The van der Waals surface area contributed by atoms with E-state index in [9.17, 15) is 4.79 Å². The normalized spacial score (nSPS) is 23.8. The van der Waals surface area contributed by atoms with Crippen LogP contribution in [0.5, 0.6) is 0 Å². The van der Waals surface area contributed by atoms with Crippen molar-refractivity contribution in [1.29, 1.82) is 0 Å². The van der Waals surface area contributed by atoms with Gasteiger partial charge < -0.3 is 18.0 Å². The monoisotopic (exact) mass is 612 g/mol. The minimum absolute atomic E-state index is 0.0732. The van der Waals surface area contributed by atoms with Gasteiger partial charge in [-0.05, 0) is 102 Å². The standard InChI is InChI=1S/C32H64O5Si3/c1-14-15-24-32(2,3)30(37-40(11,12)13)23-22-27-26(20-18-16-17-19-21-31(33)34-4)28(35-38(5,6)7)25-29(27)36-39(8,9)10/h16,18,22-23,26-30H,14-15,17,19-21,24-25H2,1-13H3/b18-16-,23-22+/t26-,27-,28+,29+,30+/m0/s1. The first-order valence-corrected chi connectivity index (χ1v) is 25.9. The summed E-state index contributed by atoms with van der Waals surface area (Å²) in [5.41, 5.74) is 0.0732. The molecule has 0 N–H and O–H groups in total. The summed E-state index contributed by atoms with van der Waals surface area (Å²) in [6.07, 6.45) is 17.4. The molecule has 0 amide bonds. The van der Waals surface area contributed by atoms with Crippen molar-refractivity contribution < 1.29 is 22.8 Å². The average Bonchev–Trinajstić information content (AvgIpc) is 3.08. The van der Waals surface area contributed by atoms with E-state index in [0.717, 1.165) is 32.1 Å². The molecule has 0 aliphatic heterocycles. The van der Waals surface area contributed by atoms with Crippen molar-refractivity contribution in [2.75, 3.05) is 7.11 Å². The second-order valence-electron chi connectivity index (χ2n) is 15.3. The van der Waals surface area contributed by atoms with E-state index in [1.165, 1.54) is 20.0 Å². The Morgan fingerprint density at radius 2 is 1.50 bits per heavy atom. The van der Waals surface area contributed by atoms with Gasteiger partial charge in [0, 0.05) is 12.3 Å². The molecule has 5 nitrogen and oxygen atoms in total. The van der Waals surface area contributed by atoms with Crippen molar-refractivity contribution in [3.8, 4) is 0 Å². The molecule has 5 atom stereocenters. The predicted molar refractivity (Wildman–Crippen MR) is 178 cm³/mol. The van der Waals surface area contributed by atoms with Crippen LogP contribution in [-0.4, -0.2) is 56.3 Å². The van der Waals surface area contributed by atoms with Crippen LogP contribution in [0.3, 0.4) is 0 Å². The summed E-state index contributed by atoms with van der Waals surface area (Å²) in [6.45, 7) is 27.6. The number of carbonyl (C=O) groups excluding carboxylic acids is 1. The molecule has 1 saturated carbocycles. The first kappa shape index (κ1) is 37.5. The van der Waals surface area contributed by atoms with Gasteiger partial charge >= 0.3 is 5.97 Å². The number of esters is 1. The van der Waals surface area contributed by atoms with Gasteiger partial charge in [-0.1, -0.05) is 57.9 Å². The number of rotatable bonds is 18. The molecule has 40 heavy (non-hydrogen) atoms. The van der Waals surface area contributed by atoms with Crippen LogP contribution >= 0.6 is 0 Å². The number of allylic oxidation sites excluding steroid dienone is 2. The molecule has 8 heteroatoms. The van der Waals surface area contributed by atoms with Crippen LogP contribution in [0.4, 0.5) is 0 Å². The van der Waals surface area contributed by atoms with Crippen molar-refractivity contribution in [2.24, 2.45) is 17.3 Å². The van der Waals surface area contributed by atoms with Crippen molar-refractivity contribution in [3.63, 3.8) is 0 Å². The summed E-state index contributed by atoms with van der Waals surface area (Å²) < 4.78 is 25.3. The third kappa shape index (κ3) is 15.1. The largest absolute Gasteiger partial charge is 0.469 e. The summed E-state index contributed by atoms with van der Waals surface area (Å²) >= 11 is 0. The molecule has 0 radical (unpaired) electrons. The van der Waals surface area contributed by atoms with Crippen LogP contribution in [0.15, 0.2) is 24.3 Å². The van der Waals surface area contributed by atoms with Gasteiger partial charge in [-0.3, -0.25) is 4.79 Å². The maximum Gasteiger partial charge on any atom is 0.305 e. The van der Waals surface area contributed by atoms with E-state index in [2.05, 4.69) is 104 Å². The fourth-order valence-electron chi connectivity index (χ4n) is 5.51. The highest BCUT2D eigenvalue weighted by atomic mass is 28.4. The Hall–Kier alpha value is -0.519. The van der Waals surface area contributed by atoms with Crippen molar-refractivity contribution in [1.82, 2.24) is 0 Å². The Bertz CT molecular complexity index is 805. The second kappa shape index (κ2) is 16.4. The molecule has 0 aromatic rings. The molecule has 1 rings (SSSR count). The fraction of sp³-hybridized carbons (Fsp3) is 0.844. The third-order valence-corrected chi connectivity index (χ3v) is 10.3. The molecule has 234 valence electrons. The zero-order valence-corrected chi connectivity index (χ0v) is 31.4. The predicted octanol–water partition coefficient (Wildman–Crippen LogP) is 9.35. The van der Waals surface area contributed by atoms with Gasteiger partial charge in [0.05, 0.1) is 25.4 Å². The Kier molecular flexibility index (Phi) is 15.3. The Balaban J connectivity index is 3.34. The second-order valence-corrected chi connectivity index (χ2v) is 28.7. The van der Waals surface area contributed by atoms with Gasteiger partial charge in [0.1, 0.15) is 0 Å². The van der Waals surface area contributed by atoms with E-state index in [1.54, 1.807) is 0 Å². The third-order valence-electron chi connectivity index (χ3n) is 7.36. The van der Waals surface area contributed by atoms with Gasteiger partial charge in [0.2, 0.25) is 0 Å². The molecule has 1 aliphatic carbocycles. The van der Waals surface area contributed by atoms with E-state index < -0.39 is 25.0 Å². The number of unbranched alkanes of at least 4 members (excludes halogenated alkanes) is 2. The lowest BCUT2D eigenvalue weighted by Crippen LogP contribution is -2.40. The first-order valence-electron chi connectivity index (χ1n) is 15.7. The van der Waals surface area contributed by atoms with Crippen molar-refractivity contribution >= 4 is 30.9 Å². The van der Waals surface area contributed by atoms with Crippen molar-refractivity contribution in [2.45, 2.75) is 149 Å². The van der Waals surface area contributed by atoms with Crippen LogP contribution in [-0.2, 0) is 22.8 Å². The van der Waals surface area contributed by atoms with Crippen LogP contribution in [0.1, 0.15) is 72.1 Å². The number of carbonyl (C=O) groups is 1. The smallest absolute Gasteiger partial charge is 0.305 e. The lowest BCUT2D eigenvalue weighted by atomic mass is 9.80. The van der Waals surface area contributed by atoms with E-state index in [-0.39, 0.29) is 35.6 Å². The molecule has 0 aromatic carbocycles. The first-order chi connectivity index (χ1) is 18.3. The average molecular weight is 613 g/mol. The lowest BCUT2D eigenvalue weighted by molar-refractivity contribution is -0.140. The van der Waals surface area contributed by atoms with Crippen LogP contribution in [0.25, 0.3) is 0 Å². The number of hydrogen-bond donors (Lipinski definition) is 0. The maximum absolute atomic E-state index is 11.5. The van der Waals surface area contributed by atoms with Gasteiger partial charge in [-0.15, -0.1) is 0 Å². The molecular formula is C32H64O5Si3. The molecule has 1 fully saturated rings. The van der Waals surface area contributed by atoms with Gasteiger partial charge in [-0.2, -0.15) is 0 Å². The van der Waals surface area contributed by atoms with Crippen LogP contribution < -0.4 is 0 Å². The molecular weight excluding hydrogens is 549 g/mol. The Morgan fingerprint density at radius 1 is 0.900 bits per heavy atom. The molecule has 0 bridgehead atoms. The highest BCUT2D eigenvalue weighted by Gasteiger charge is 2.45. The number of ether oxygens (including phenoxy) is 1. The molecule has 1 aliphatic rings. The number of hydrogen-bond acceptors (Lipinski definition) is 5. The minimum Gasteiger partial charge on any atom is -0.469 e. The molecule has 0 spiro atoms. The zero-order valence-electron chi connectivity index (χ0n) is 28.4. The Morgan fingerprint density at radius 3 is 2.02 bits per heavy atom. The molecule has 0 unspecified atom stereocenters. The van der Waals surface area contributed by atoms with E-state index in [4.69, 9.17) is 18.0 Å². The summed E-state index contributed by atoms with van der Waals surface area (Å²) in [6, 6.07) is 0. The van der Waals surface area contributed by atoms with Crippen LogP contribution in [0.2, 0.25) is 58.9 Å². The van der Waals surface area contributed by atoms with E-state index in [0.29, 0.717) is 12.3 Å². The van der Waals surface area contributed by atoms with E-state index in [1.807, 2.05) is 0 Å². The highest BCUT2D eigenvalue weighted by molar-refractivity contribution is 6.70. The summed E-state index contributed by atoms with van der Waals surface area (Å²) in [5, 5.41) is 0. The summed E-state index contributed by atoms with van der Waals surface area (Å²) in [7, 11) is -3.80. The van der Waals surface area contributed by atoms with E-state index >= 15 is 0 Å². The van der Waals surface area contributed by atoms with Gasteiger partial charge in [0.15, 0.2) is 25.0 Å². The molecule has 0 heterocycles. The van der Waals surface area contributed by atoms with Gasteiger partial charge in [0.25, 0.3) is 0 Å². The molecule has 0 saturated heterocycles. The lowest BCUT2D eigenvalue weighted by Gasteiger charge is -2.37. The Labute approximate surface area is 251 Å². The van der Waals surface area contributed by atoms with Crippen LogP contribution in [0, 0.1) is 17.3 Å². The quantitative estimate of drug-likeness (QED) is 0.0668. The molecule has 0 aromatic heterocycles. The van der Waals surface area contributed by atoms with Crippen molar-refractivity contribution in [3.05, 3.63) is 24.3 Å². The maximum atomic E-state index is 11.5. The highest BCUT2D eigenvalue weighted by Crippen LogP contribution is 2.43. The minimum atomic E-state index is -1.76. The summed E-state index contributed by atoms with van der Waals surface area (Å²) in [5.74, 6) is 0.497. The number of methoxy groups -OCH3 is 1. The van der Waals surface area contributed by atoms with Gasteiger partial charge in [-0.25, -0.2) is 0 Å². The summed E-state index contributed by atoms with van der Waals surface area (Å²) in [4.78, 5) is 11.5. The zero-order chi connectivity index (χ0) is 30.8. The topological polar surface area (TPSA) is 54.0 Å².